The first-order valence-electron chi connectivity index (χ1n) is 6.56. The summed E-state index contributed by atoms with van der Waals surface area (Å²) in [6, 6.07) is 9.73. The maximum Gasteiger partial charge on any atom is 0.267 e. The van der Waals surface area contributed by atoms with Crippen LogP contribution in [0.5, 0.6) is 0 Å². The number of carboxylic acid groups (broad SMARTS) is 1. The van der Waals surface area contributed by atoms with Crippen LogP contribution in [0.15, 0.2) is 61.0 Å². The standard InChI is InChI=1S/C11H6F2N.C6H6NO2.Ir/c12-8-4-5-9(10(13)7-8)11-3-1-2-6-14-11;8-6(9)5-3-1-2-4-7-5;/h1-4,6-7H;1-4,7H,(H,8,9);/q2*-1;. The van der Waals surface area contributed by atoms with Gasteiger partial charge in [0.25, 0.3) is 5.97 Å². The van der Waals surface area contributed by atoms with E-state index in [-0.39, 0.29) is 31.7 Å². The van der Waals surface area contributed by atoms with Crippen LogP contribution >= 0.6 is 0 Å². The molecule has 1 aliphatic heterocycles. The van der Waals surface area contributed by atoms with E-state index in [0.717, 1.165) is 12.1 Å². The Morgan fingerprint density at radius 3 is 2.58 bits per heavy atom. The number of carbonyl (C=O) groups is 1. The molecule has 1 aromatic carbocycles. The van der Waals surface area contributed by atoms with E-state index in [0.29, 0.717) is 5.69 Å². The van der Waals surface area contributed by atoms with Crippen molar-refractivity contribution in [2.75, 3.05) is 0 Å². The molecule has 24 heavy (non-hydrogen) atoms. The predicted molar refractivity (Wildman–Crippen MR) is 80.7 cm³/mol. The van der Waals surface area contributed by atoms with Gasteiger partial charge in [-0.15, -0.1) is 18.2 Å². The molecule has 7 heteroatoms. The molecule has 0 saturated carbocycles. The van der Waals surface area contributed by atoms with Gasteiger partial charge < -0.3 is 15.4 Å². The number of hydrogen-bond donors (Lipinski definition) is 2. The molecule has 1 aliphatic rings. The zero-order chi connectivity index (χ0) is 16.7. The molecule has 127 valence electrons. The van der Waals surface area contributed by atoms with Crippen LogP contribution in [0.3, 0.4) is 0 Å². The van der Waals surface area contributed by atoms with Crippen molar-refractivity contribution in [3.8, 4) is 11.3 Å². The zero-order valence-corrected chi connectivity index (χ0v) is 14.6. The number of aliphatic carboxylic acids is 1. The number of allylic oxidation sites excluding steroid dienone is 2. The number of carboxylic acids is 1. The third kappa shape index (κ3) is 5.61. The van der Waals surface area contributed by atoms with Crippen molar-refractivity contribution in [1.29, 1.82) is 0 Å². The Morgan fingerprint density at radius 2 is 2.08 bits per heavy atom. The first-order valence-corrected chi connectivity index (χ1v) is 6.56. The van der Waals surface area contributed by atoms with Crippen molar-refractivity contribution in [2.45, 2.75) is 0 Å². The Morgan fingerprint density at radius 1 is 1.29 bits per heavy atom. The van der Waals surface area contributed by atoms with E-state index in [1.807, 2.05) is 0 Å². The van der Waals surface area contributed by atoms with Gasteiger partial charge in [0, 0.05) is 37.9 Å². The van der Waals surface area contributed by atoms with Gasteiger partial charge in [-0.3, -0.25) is 13.6 Å². The van der Waals surface area contributed by atoms with Gasteiger partial charge in [0.05, 0.1) is 0 Å². The van der Waals surface area contributed by atoms with E-state index in [2.05, 4.69) is 16.4 Å². The number of nitrogens with one attached hydrogen (secondary N) is 1. The molecule has 1 aromatic heterocycles. The first-order chi connectivity index (χ1) is 11.1. The van der Waals surface area contributed by atoms with Gasteiger partial charge in [0.1, 0.15) is 0 Å². The molecule has 0 saturated heterocycles. The number of benzene rings is 1. The minimum atomic E-state index is -0.935. The van der Waals surface area contributed by atoms with Crippen molar-refractivity contribution in [2.24, 2.45) is 0 Å². The molecule has 2 heterocycles. The Labute approximate surface area is 151 Å². The number of dihydropyridines is 1. The molecule has 1 radical (unpaired) electrons. The maximum atomic E-state index is 13.2. The molecular weight excluding hydrogens is 494 g/mol. The largest absolute Gasteiger partial charge is 0.490 e. The second-order valence-electron chi connectivity index (χ2n) is 4.34. The summed E-state index contributed by atoms with van der Waals surface area (Å²) in [7, 11) is 0. The quantitative estimate of drug-likeness (QED) is 0.615. The van der Waals surface area contributed by atoms with Crippen LogP contribution in [-0.2, 0) is 24.9 Å². The Bertz CT molecular complexity index is 737. The normalized spacial score (nSPS) is 11.7. The Kier molecular flexibility index (Phi) is 7.82. The Balaban J connectivity index is 0.000000252. The van der Waals surface area contributed by atoms with Crippen LogP contribution in [0.2, 0.25) is 0 Å². The van der Waals surface area contributed by atoms with E-state index in [1.54, 1.807) is 42.7 Å². The van der Waals surface area contributed by atoms with E-state index >= 15 is 0 Å². The van der Waals surface area contributed by atoms with Crippen molar-refractivity contribution in [3.63, 3.8) is 0 Å². The maximum absolute atomic E-state index is 13.2. The smallest absolute Gasteiger partial charge is 0.267 e. The third-order valence-electron chi connectivity index (χ3n) is 2.72. The number of hydrogen-bond acceptors (Lipinski definition) is 3. The second-order valence-corrected chi connectivity index (χ2v) is 4.34. The van der Waals surface area contributed by atoms with E-state index < -0.39 is 17.6 Å². The topological polar surface area (TPSA) is 62.2 Å². The van der Waals surface area contributed by atoms with Gasteiger partial charge in [-0.25, -0.2) is 6.08 Å². The van der Waals surface area contributed by atoms with Crippen LogP contribution in [-0.4, -0.2) is 16.1 Å². The van der Waals surface area contributed by atoms with Crippen LogP contribution in [0, 0.1) is 23.7 Å². The molecule has 4 nitrogen and oxygen atoms in total. The Hall–Kier alpha value is -2.50. The summed E-state index contributed by atoms with van der Waals surface area (Å²) >= 11 is 0. The SMILES string of the molecule is Fc1c[c-]c(-c2ccccn2)c(F)c1.O=C(O)[C-]1C=CC=CN1.[Ir]. The molecule has 3 rings (SSSR count). The van der Waals surface area contributed by atoms with Gasteiger partial charge in [-0.05, 0) is 24.0 Å². The summed E-state index contributed by atoms with van der Waals surface area (Å²) in [4.78, 5) is 14.1. The van der Waals surface area contributed by atoms with Crippen molar-refractivity contribution in [3.05, 3.63) is 84.7 Å². The fourth-order valence-corrected chi connectivity index (χ4v) is 1.68. The minimum absolute atomic E-state index is 0. The molecule has 0 aliphatic carbocycles. The molecular formula is C17H12F2IrN2O2-2. The average Bonchev–Trinajstić information content (AvgIpc) is 2.57. The molecule has 2 aromatic rings. The van der Waals surface area contributed by atoms with E-state index in [4.69, 9.17) is 5.11 Å². The van der Waals surface area contributed by atoms with Crippen LogP contribution in [0.1, 0.15) is 0 Å². The number of pyridine rings is 1. The summed E-state index contributed by atoms with van der Waals surface area (Å²) < 4.78 is 25.8. The molecule has 0 fully saturated rings. The molecule has 2 N–H and O–H groups in total. The summed E-state index contributed by atoms with van der Waals surface area (Å²) in [6.45, 7) is 0. The van der Waals surface area contributed by atoms with Gasteiger partial charge in [-0.1, -0.05) is 23.8 Å². The van der Waals surface area contributed by atoms with Gasteiger partial charge in [0.15, 0.2) is 0 Å². The predicted octanol–water partition coefficient (Wildman–Crippen LogP) is 3.10. The number of aromatic nitrogens is 1. The number of halogens is 2. The summed E-state index contributed by atoms with van der Waals surface area (Å²) in [5, 5.41) is 10.9. The zero-order valence-electron chi connectivity index (χ0n) is 12.2. The molecule has 0 amide bonds. The van der Waals surface area contributed by atoms with Crippen molar-refractivity contribution < 1.29 is 38.8 Å². The first kappa shape index (κ1) is 19.5. The average molecular weight is 507 g/mol. The molecule has 0 atom stereocenters. The third-order valence-corrected chi connectivity index (χ3v) is 2.72. The van der Waals surface area contributed by atoms with E-state index in [9.17, 15) is 13.6 Å². The number of nitrogens with zero attached hydrogens (tertiary/aromatic N) is 1. The monoisotopic (exact) mass is 507 g/mol. The summed E-state index contributed by atoms with van der Waals surface area (Å²) in [5.41, 5.74) is 0.636. The summed E-state index contributed by atoms with van der Waals surface area (Å²) in [5.74, 6) is -2.22. The van der Waals surface area contributed by atoms with Crippen molar-refractivity contribution >= 4 is 5.97 Å². The number of rotatable bonds is 2. The minimum Gasteiger partial charge on any atom is -0.490 e. The van der Waals surface area contributed by atoms with Gasteiger partial charge in [0.2, 0.25) is 0 Å². The van der Waals surface area contributed by atoms with Crippen molar-refractivity contribution in [1.82, 2.24) is 10.3 Å². The summed E-state index contributed by atoms with van der Waals surface area (Å²) in [6.07, 6.45) is 8.02. The molecule has 0 unspecified atom stereocenters. The fourth-order valence-electron chi connectivity index (χ4n) is 1.68. The fraction of sp³-hybridized carbons (Fsp3) is 0. The van der Waals surface area contributed by atoms with Crippen LogP contribution in [0.25, 0.3) is 11.3 Å². The molecule has 0 spiro atoms. The van der Waals surface area contributed by atoms with Crippen LogP contribution < -0.4 is 5.32 Å². The van der Waals surface area contributed by atoms with Gasteiger partial charge in [-0.2, -0.15) is 6.08 Å². The van der Waals surface area contributed by atoms with Crippen LogP contribution in [0.4, 0.5) is 8.78 Å². The molecule has 0 bridgehead atoms. The second kappa shape index (κ2) is 9.60. The van der Waals surface area contributed by atoms with E-state index in [1.165, 1.54) is 6.08 Å². The van der Waals surface area contributed by atoms with Gasteiger partial charge >= 0.3 is 0 Å².